The zero-order chi connectivity index (χ0) is 15.9. The number of hydrogen-bond acceptors (Lipinski definition) is 6. The number of nitrogens with zero attached hydrogens (tertiary/aromatic N) is 3. The third-order valence-corrected chi connectivity index (χ3v) is 2.91. The van der Waals surface area contributed by atoms with Gasteiger partial charge in [0, 0.05) is 24.8 Å². The van der Waals surface area contributed by atoms with E-state index in [0.29, 0.717) is 17.3 Å². The molecule has 0 aliphatic rings. The van der Waals surface area contributed by atoms with Crippen LogP contribution in [0.15, 0.2) is 36.7 Å². The molecule has 0 aliphatic heterocycles. The fourth-order valence-corrected chi connectivity index (χ4v) is 1.81. The molecule has 0 amide bonds. The quantitative estimate of drug-likeness (QED) is 0.719. The Morgan fingerprint density at radius 3 is 2.73 bits per heavy atom. The molecule has 0 atom stereocenters. The Hall–Kier alpha value is -2.67. The number of carboxylic acids is 1. The predicted octanol–water partition coefficient (Wildman–Crippen LogP) is 1.89. The molecular formula is C15H19N5O2. The highest BCUT2D eigenvalue weighted by molar-refractivity contribution is 5.89. The summed E-state index contributed by atoms with van der Waals surface area (Å²) in [6.45, 7) is 1.67. The zero-order valence-corrected chi connectivity index (χ0v) is 12.6. The SMILES string of the molecule is CN(C)CCNc1cc(Nc2cccc(C(=O)O)c2)ncn1. The van der Waals surface area contributed by atoms with Crippen LogP contribution < -0.4 is 10.6 Å². The van der Waals surface area contributed by atoms with Gasteiger partial charge >= 0.3 is 5.97 Å². The molecule has 0 radical (unpaired) electrons. The number of carboxylic acid groups (broad SMARTS) is 1. The van der Waals surface area contributed by atoms with E-state index >= 15 is 0 Å². The maximum atomic E-state index is 11.0. The van der Waals surface area contributed by atoms with Crippen molar-refractivity contribution >= 4 is 23.3 Å². The zero-order valence-electron chi connectivity index (χ0n) is 12.6. The number of nitrogens with one attached hydrogen (secondary N) is 2. The van der Waals surface area contributed by atoms with Crippen molar-refractivity contribution in [3.63, 3.8) is 0 Å². The predicted molar refractivity (Wildman–Crippen MR) is 85.8 cm³/mol. The first-order valence-corrected chi connectivity index (χ1v) is 6.85. The first-order chi connectivity index (χ1) is 10.5. The van der Waals surface area contributed by atoms with Gasteiger partial charge < -0.3 is 20.6 Å². The summed E-state index contributed by atoms with van der Waals surface area (Å²) in [4.78, 5) is 21.3. The van der Waals surface area contributed by atoms with Crippen molar-refractivity contribution in [1.29, 1.82) is 0 Å². The normalized spacial score (nSPS) is 10.5. The van der Waals surface area contributed by atoms with Gasteiger partial charge in [-0.2, -0.15) is 0 Å². The molecule has 1 aromatic carbocycles. The number of rotatable bonds is 7. The van der Waals surface area contributed by atoms with Crippen LogP contribution in [0.25, 0.3) is 0 Å². The van der Waals surface area contributed by atoms with Gasteiger partial charge in [-0.3, -0.25) is 0 Å². The van der Waals surface area contributed by atoms with Crippen LogP contribution in [0, 0.1) is 0 Å². The summed E-state index contributed by atoms with van der Waals surface area (Å²) >= 11 is 0. The monoisotopic (exact) mass is 301 g/mol. The molecule has 22 heavy (non-hydrogen) atoms. The highest BCUT2D eigenvalue weighted by atomic mass is 16.4. The van der Waals surface area contributed by atoms with Crippen LogP contribution in [0.5, 0.6) is 0 Å². The summed E-state index contributed by atoms with van der Waals surface area (Å²) in [7, 11) is 4.01. The average molecular weight is 301 g/mol. The molecule has 0 unspecified atom stereocenters. The van der Waals surface area contributed by atoms with Gasteiger partial charge in [-0.1, -0.05) is 6.07 Å². The molecule has 0 saturated carbocycles. The van der Waals surface area contributed by atoms with Crippen LogP contribution in [0.1, 0.15) is 10.4 Å². The minimum atomic E-state index is -0.961. The molecule has 3 N–H and O–H groups in total. The number of likely N-dealkylation sites (N-methyl/N-ethyl adjacent to an activating group) is 1. The van der Waals surface area contributed by atoms with Crippen LogP contribution in [-0.2, 0) is 0 Å². The van der Waals surface area contributed by atoms with Crippen LogP contribution in [0.4, 0.5) is 17.3 Å². The maximum Gasteiger partial charge on any atom is 0.335 e. The minimum Gasteiger partial charge on any atom is -0.478 e. The second kappa shape index (κ2) is 7.37. The molecule has 0 saturated heterocycles. The van der Waals surface area contributed by atoms with Crippen molar-refractivity contribution in [2.75, 3.05) is 37.8 Å². The fraction of sp³-hybridized carbons (Fsp3) is 0.267. The van der Waals surface area contributed by atoms with Crippen molar-refractivity contribution < 1.29 is 9.90 Å². The second-order valence-corrected chi connectivity index (χ2v) is 5.03. The van der Waals surface area contributed by atoms with E-state index in [-0.39, 0.29) is 5.56 Å². The van der Waals surface area contributed by atoms with Gasteiger partial charge in [0.15, 0.2) is 0 Å². The topological polar surface area (TPSA) is 90.4 Å². The largest absolute Gasteiger partial charge is 0.478 e. The van der Waals surface area contributed by atoms with Crippen molar-refractivity contribution in [2.24, 2.45) is 0 Å². The third kappa shape index (κ3) is 4.71. The average Bonchev–Trinajstić information content (AvgIpc) is 2.47. The lowest BCUT2D eigenvalue weighted by atomic mass is 10.2. The van der Waals surface area contributed by atoms with Gasteiger partial charge in [0.05, 0.1) is 5.56 Å². The molecule has 2 aromatic rings. The first-order valence-electron chi connectivity index (χ1n) is 6.85. The Morgan fingerprint density at radius 1 is 1.23 bits per heavy atom. The van der Waals surface area contributed by atoms with E-state index < -0.39 is 5.97 Å². The molecule has 2 rings (SSSR count). The van der Waals surface area contributed by atoms with E-state index in [1.54, 1.807) is 30.3 Å². The summed E-state index contributed by atoms with van der Waals surface area (Å²) in [5, 5.41) is 15.3. The molecular weight excluding hydrogens is 282 g/mol. The summed E-state index contributed by atoms with van der Waals surface area (Å²) in [6.07, 6.45) is 1.46. The van der Waals surface area contributed by atoms with Crippen LogP contribution in [-0.4, -0.2) is 53.1 Å². The Morgan fingerprint density at radius 2 is 2.00 bits per heavy atom. The highest BCUT2D eigenvalue weighted by Gasteiger charge is 2.04. The lowest BCUT2D eigenvalue weighted by Crippen LogP contribution is -2.21. The van der Waals surface area contributed by atoms with E-state index in [1.165, 1.54) is 6.33 Å². The van der Waals surface area contributed by atoms with Crippen molar-refractivity contribution in [3.05, 3.63) is 42.2 Å². The number of aromatic carboxylic acids is 1. The second-order valence-electron chi connectivity index (χ2n) is 5.03. The molecule has 0 aliphatic carbocycles. The smallest absolute Gasteiger partial charge is 0.335 e. The molecule has 1 aromatic heterocycles. The number of aromatic nitrogens is 2. The van der Waals surface area contributed by atoms with Crippen LogP contribution in [0.2, 0.25) is 0 Å². The number of benzene rings is 1. The number of anilines is 3. The Bertz CT molecular complexity index is 645. The van der Waals surface area contributed by atoms with Crippen LogP contribution in [0.3, 0.4) is 0 Å². The molecule has 1 heterocycles. The Balaban J connectivity index is 2.03. The molecule has 0 fully saturated rings. The lowest BCUT2D eigenvalue weighted by molar-refractivity contribution is 0.0697. The minimum absolute atomic E-state index is 0.225. The Kier molecular flexibility index (Phi) is 5.26. The maximum absolute atomic E-state index is 11.0. The first kappa shape index (κ1) is 15.7. The van der Waals surface area contributed by atoms with Crippen LogP contribution >= 0.6 is 0 Å². The van der Waals surface area contributed by atoms with Gasteiger partial charge in [0.2, 0.25) is 0 Å². The molecule has 7 heteroatoms. The summed E-state index contributed by atoms with van der Waals surface area (Å²) in [5.41, 5.74) is 0.890. The fourth-order valence-electron chi connectivity index (χ4n) is 1.81. The van der Waals surface area contributed by atoms with Crippen molar-refractivity contribution in [3.8, 4) is 0 Å². The molecule has 0 spiro atoms. The van der Waals surface area contributed by atoms with Gasteiger partial charge in [-0.15, -0.1) is 0 Å². The number of carbonyl (C=O) groups is 1. The summed E-state index contributed by atoms with van der Waals surface area (Å²) in [5.74, 6) is 0.357. The summed E-state index contributed by atoms with van der Waals surface area (Å²) < 4.78 is 0. The van der Waals surface area contributed by atoms with Gasteiger partial charge in [0.25, 0.3) is 0 Å². The van der Waals surface area contributed by atoms with Gasteiger partial charge in [-0.25, -0.2) is 14.8 Å². The molecule has 7 nitrogen and oxygen atoms in total. The lowest BCUT2D eigenvalue weighted by Gasteiger charge is -2.11. The third-order valence-electron chi connectivity index (χ3n) is 2.91. The van der Waals surface area contributed by atoms with E-state index in [9.17, 15) is 4.79 Å². The summed E-state index contributed by atoms with van der Waals surface area (Å²) in [6, 6.07) is 8.35. The van der Waals surface area contributed by atoms with Gasteiger partial charge in [-0.05, 0) is 32.3 Å². The van der Waals surface area contributed by atoms with E-state index in [0.717, 1.165) is 13.1 Å². The standard InChI is InChI=1S/C15H19N5O2/c1-20(2)7-6-16-13-9-14(18-10-17-13)19-12-5-3-4-11(8-12)15(21)22/h3-5,8-10H,6-7H2,1-2H3,(H,21,22)(H2,16,17,18,19). The number of hydrogen-bond donors (Lipinski definition) is 3. The van der Waals surface area contributed by atoms with Crippen molar-refractivity contribution in [2.45, 2.75) is 0 Å². The Labute approximate surface area is 129 Å². The highest BCUT2D eigenvalue weighted by Crippen LogP contribution is 2.17. The molecule has 0 bridgehead atoms. The van der Waals surface area contributed by atoms with E-state index in [1.807, 2.05) is 14.1 Å². The van der Waals surface area contributed by atoms with Crippen molar-refractivity contribution in [1.82, 2.24) is 14.9 Å². The van der Waals surface area contributed by atoms with E-state index in [2.05, 4.69) is 25.5 Å². The van der Waals surface area contributed by atoms with E-state index in [4.69, 9.17) is 5.11 Å². The molecule has 116 valence electrons. The van der Waals surface area contributed by atoms with Gasteiger partial charge in [0.1, 0.15) is 18.0 Å².